The van der Waals surface area contributed by atoms with Crippen LogP contribution in [-0.4, -0.2) is 0 Å². The van der Waals surface area contributed by atoms with Gasteiger partial charge in [0, 0.05) is 5.02 Å². The summed E-state index contributed by atoms with van der Waals surface area (Å²) in [6, 6.07) is 20.4. The number of aryl methyl sites for hydroxylation is 1. The van der Waals surface area contributed by atoms with E-state index in [4.69, 9.17) is 17.3 Å². The highest BCUT2D eigenvalue weighted by atomic mass is 35.5. The van der Waals surface area contributed by atoms with Crippen molar-refractivity contribution >= 4 is 22.4 Å². The van der Waals surface area contributed by atoms with Crippen molar-refractivity contribution in [2.45, 2.75) is 13.0 Å². The molecule has 0 heterocycles. The summed E-state index contributed by atoms with van der Waals surface area (Å²) in [6.45, 7) is 2.04. The molecule has 0 aliphatic heterocycles. The highest BCUT2D eigenvalue weighted by Gasteiger charge is 2.12. The van der Waals surface area contributed by atoms with E-state index < -0.39 is 0 Å². The highest BCUT2D eigenvalue weighted by molar-refractivity contribution is 6.30. The third-order valence-corrected chi connectivity index (χ3v) is 3.93. The maximum atomic E-state index is 6.42. The summed E-state index contributed by atoms with van der Waals surface area (Å²) in [4.78, 5) is 0. The van der Waals surface area contributed by atoms with Crippen molar-refractivity contribution in [1.29, 1.82) is 0 Å². The predicted octanol–water partition coefficient (Wildman–Crippen LogP) is 4.85. The highest BCUT2D eigenvalue weighted by Crippen LogP contribution is 2.27. The molecular weight excluding hydrogens is 266 g/mol. The van der Waals surface area contributed by atoms with Crippen molar-refractivity contribution in [3.63, 3.8) is 0 Å². The Hall–Kier alpha value is -1.83. The number of fused-ring (bicyclic) bond motifs is 1. The molecule has 0 spiro atoms. The monoisotopic (exact) mass is 281 g/mol. The van der Waals surface area contributed by atoms with Crippen molar-refractivity contribution in [1.82, 2.24) is 0 Å². The Labute approximate surface area is 124 Å². The molecule has 100 valence electrons. The molecule has 20 heavy (non-hydrogen) atoms. The molecule has 0 saturated heterocycles. The molecule has 1 nitrogen and oxygen atoms in total. The lowest BCUT2D eigenvalue weighted by atomic mass is 9.94. The third-order valence-electron chi connectivity index (χ3n) is 3.70. The van der Waals surface area contributed by atoms with Gasteiger partial charge in [-0.3, -0.25) is 0 Å². The van der Waals surface area contributed by atoms with Crippen LogP contribution in [0.4, 0.5) is 0 Å². The van der Waals surface area contributed by atoms with Crippen LogP contribution in [0.3, 0.4) is 0 Å². The minimum atomic E-state index is -0.128. The van der Waals surface area contributed by atoms with Crippen LogP contribution >= 0.6 is 11.6 Å². The van der Waals surface area contributed by atoms with Crippen molar-refractivity contribution in [2.24, 2.45) is 5.73 Å². The summed E-state index contributed by atoms with van der Waals surface area (Å²) in [5, 5.41) is 3.19. The Balaban J connectivity index is 2.05. The number of rotatable bonds is 2. The Morgan fingerprint density at radius 1 is 0.900 bits per heavy atom. The van der Waals surface area contributed by atoms with Crippen LogP contribution < -0.4 is 5.73 Å². The predicted molar refractivity (Wildman–Crippen MR) is 86.2 cm³/mol. The fourth-order valence-corrected chi connectivity index (χ4v) is 2.80. The average molecular weight is 282 g/mol. The van der Waals surface area contributed by atoms with E-state index in [0.29, 0.717) is 0 Å². The smallest absolute Gasteiger partial charge is 0.0554 e. The first-order chi connectivity index (χ1) is 9.65. The van der Waals surface area contributed by atoms with Crippen LogP contribution in [0.2, 0.25) is 5.02 Å². The van der Waals surface area contributed by atoms with Gasteiger partial charge in [-0.25, -0.2) is 0 Å². The van der Waals surface area contributed by atoms with Crippen LogP contribution in [0.25, 0.3) is 10.8 Å². The average Bonchev–Trinajstić information content (AvgIpc) is 2.46. The minimum absolute atomic E-state index is 0.128. The van der Waals surface area contributed by atoms with Gasteiger partial charge in [0.1, 0.15) is 0 Å². The number of hydrogen-bond acceptors (Lipinski definition) is 1. The summed E-state index contributed by atoms with van der Waals surface area (Å²) < 4.78 is 0. The first-order valence-corrected chi connectivity index (χ1v) is 7.03. The lowest BCUT2D eigenvalue weighted by molar-refractivity contribution is 0.863. The lowest BCUT2D eigenvalue weighted by Gasteiger charge is -2.16. The van der Waals surface area contributed by atoms with Gasteiger partial charge < -0.3 is 5.73 Å². The van der Waals surface area contributed by atoms with E-state index in [9.17, 15) is 0 Å². The molecule has 3 aromatic carbocycles. The Morgan fingerprint density at radius 2 is 1.65 bits per heavy atom. The Bertz CT molecular complexity index is 764. The Morgan fingerprint density at radius 3 is 2.40 bits per heavy atom. The van der Waals surface area contributed by atoms with Crippen molar-refractivity contribution in [3.8, 4) is 0 Å². The van der Waals surface area contributed by atoms with E-state index in [1.54, 1.807) is 0 Å². The molecular formula is C18H16ClN. The fraction of sp³-hybridized carbons (Fsp3) is 0.111. The summed E-state index contributed by atoms with van der Waals surface area (Å²) in [7, 11) is 0. The van der Waals surface area contributed by atoms with E-state index in [1.165, 1.54) is 10.8 Å². The minimum Gasteiger partial charge on any atom is -0.320 e. The first kappa shape index (κ1) is 13.2. The van der Waals surface area contributed by atoms with Crippen LogP contribution in [0.5, 0.6) is 0 Å². The maximum Gasteiger partial charge on any atom is 0.0554 e. The molecule has 0 aromatic heterocycles. The number of hydrogen-bond donors (Lipinski definition) is 1. The van der Waals surface area contributed by atoms with Gasteiger partial charge in [0.25, 0.3) is 0 Å². The fourth-order valence-electron chi connectivity index (χ4n) is 2.57. The largest absolute Gasteiger partial charge is 0.320 e. The molecule has 0 aliphatic rings. The van der Waals surface area contributed by atoms with Gasteiger partial charge in [-0.2, -0.15) is 0 Å². The molecule has 0 saturated carbocycles. The van der Waals surface area contributed by atoms with Gasteiger partial charge in [0.2, 0.25) is 0 Å². The molecule has 0 amide bonds. The second-order valence-electron chi connectivity index (χ2n) is 5.09. The van der Waals surface area contributed by atoms with Crippen molar-refractivity contribution < 1.29 is 0 Å². The molecule has 2 heteroatoms. The molecule has 1 atom stereocenters. The second kappa shape index (κ2) is 5.28. The molecule has 3 rings (SSSR count). The quantitative estimate of drug-likeness (QED) is 0.714. The van der Waals surface area contributed by atoms with E-state index in [1.807, 2.05) is 37.3 Å². The summed E-state index contributed by atoms with van der Waals surface area (Å²) in [5.41, 5.74) is 9.77. The van der Waals surface area contributed by atoms with Crippen molar-refractivity contribution in [3.05, 3.63) is 82.4 Å². The zero-order valence-corrected chi connectivity index (χ0v) is 12.1. The van der Waals surface area contributed by atoms with Crippen LogP contribution in [0.1, 0.15) is 22.7 Å². The van der Waals surface area contributed by atoms with E-state index in [0.717, 1.165) is 21.7 Å². The lowest BCUT2D eigenvalue weighted by Crippen LogP contribution is -2.13. The van der Waals surface area contributed by atoms with Crippen LogP contribution in [0, 0.1) is 6.92 Å². The number of benzene rings is 3. The van der Waals surface area contributed by atoms with E-state index >= 15 is 0 Å². The standard InChI is InChI=1S/C18H16ClN/c1-12-10-16(19)8-9-17(12)18(20)15-7-6-13-4-2-3-5-14(13)11-15/h2-11,18H,20H2,1H3. The topological polar surface area (TPSA) is 26.0 Å². The molecule has 1 unspecified atom stereocenters. The summed E-state index contributed by atoms with van der Waals surface area (Å²) in [5.74, 6) is 0. The van der Waals surface area contributed by atoms with Gasteiger partial charge in [-0.1, -0.05) is 54.1 Å². The van der Waals surface area contributed by atoms with E-state index in [2.05, 4.69) is 30.3 Å². The van der Waals surface area contributed by atoms with Gasteiger partial charge in [-0.15, -0.1) is 0 Å². The third kappa shape index (κ3) is 2.43. The normalized spacial score (nSPS) is 12.6. The zero-order chi connectivity index (χ0) is 14.1. The number of nitrogens with two attached hydrogens (primary N) is 1. The van der Waals surface area contributed by atoms with Gasteiger partial charge in [-0.05, 0) is 52.6 Å². The van der Waals surface area contributed by atoms with Gasteiger partial charge in [0.15, 0.2) is 0 Å². The molecule has 0 aliphatic carbocycles. The summed E-state index contributed by atoms with van der Waals surface area (Å²) in [6.07, 6.45) is 0. The molecule has 0 bridgehead atoms. The Kier molecular flexibility index (Phi) is 3.47. The van der Waals surface area contributed by atoms with E-state index in [-0.39, 0.29) is 6.04 Å². The van der Waals surface area contributed by atoms with Crippen LogP contribution in [0.15, 0.2) is 60.7 Å². The van der Waals surface area contributed by atoms with Crippen molar-refractivity contribution in [2.75, 3.05) is 0 Å². The molecule has 0 fully saturated rings. The van der Waals surface area contributed by atoms with Crippen LogP contribution in [-0.2, 0) is 0 Å². The van der Waals surface area contributed by atoms with Gasteiger partial charge in [0.05, 0.1) is 6.04 Å². The maximum absolute atomic E-state index is 6.42. The number of halogens is 1. The SMILES string of the molecule is Cc1cc(Cl)ccc1C(N)c1ccc2ccccc2c1. The zero-order valence-electron chi connectivity index (χ0n) is 11.3. The summed E-state index contributed by atoms with van der Waals surface area (Å²) >= 11 is 6.00. The molecule has 3 aromatic rings. The second-order valence-corrected chi connectivity index (χ2v) is 5.52. The first-order valence-electron chi connectivity index (χ1n) is 6.65. The molecule has 0 radical (unpaired) electrons. The molecule has 2 N–H and O–H groups in total. The van der Waals surface area contributed by atoms with Gasteiger partial charge >= 0.3 is 0 Å².